The van der Waals surface area contributed by atoms with Gasteiger partial charge in [0.1, 0.15) is 17.3 Å². The molecule has 1 aromatic carbocycles. The lowest BCUT2D eigenvalue weighted by Gasteiger charge is -2.36. The number of nitrogens with zero attached hydrogens (tertiary/aromatic N) is 1. The molecule has 0 saturated heterocycles. The van der Waals surface area contributed by atoms with Crippen LogP contribution in [0.1, 0.15) is 79.7 Å². The van der Waals surface area contributed by atoms with Gasteiger partial charge < -0.3 is 19.9 Å². The summed E-state index contributed by atoms with van der Waals surface area (Å²) in [7, 11) is 0. The fraction of sp³-hybridized carbons (Fsp3) is 0.630. The topological polar surface area (TPSA) is 80.7 Å². The zero-order valence-corrected chi connectivity index (χ0v) is 21.2. The number of aliphatic hydroxyl groups is 1. The molecule has 1 amide bonds. The summed E-state index contributed by atoms with van der Waals surface area (Å²) in [4.78, 5) is 16.6. The van der Waals surface area contributed by atoms with Crippen molar-refractivity contribution in [3.8, 4) is 5.88 Å². The Morgan fingerprint density at radius 3 is 2.30 bits per heavy atom. The number of ether oxygens (including phenoxy) is 2. The van der Waals surface area contributed by atoms with Crippen LogP contribution in [0.2, 0.25) is 0 Å². The van der Waals surface area contributed by atoms with Crippen LogP contribution in [-0.4, -0.2) is 34.4 Å². The number of pyridine rings is 1. The molecule has 1 saturated carbocycles. The van der Waals surface area contributed by atoms with Gasteiger partial charge in [-0.2, -0.15) is 0 Å². The molecule has 1 heterocycles. The van der Waals surface area contributed by atoms with Gasteiger partial charge in [-0.3, -0.25) is 0 Å². The van der Waals surface area contributed by atoms with E-state index in [4.69, 9.17) is 9.47 Å². The third-order valence-corrected chi connectivity index (χ3v) is 6.45. The molecule has 33 heavy (non-hydrogen) atoms. The zero-order chi connectivity index (χ0) is 24.4. The SMILES string of the molecule is CC(C)(C)OC(=O)NCC(C)(O)c1ccc2nc(OC3CCC(C(C)(C)C)CC3)ccc2c1. The van der Waals surface area contributed by atoms with Gasteiger partial charge in [-0.05, 0) is 88.5 Å². The van der Waals surface area contributed by atoms with E-state index >= 15 is 0 Å². The lowest BCUT2D eigenvalue weighted by molar-refractivity contribution is 0.0317. The number of alkyl carbamates (subject to hydrolysis) is 1. The van der Waals surface area contributed by atoms with E-state index in [1.807, 2.05) is 30.3 Å². The van der Waals surface area contributed by atoms with Gasteiger partial charge in [0.2, 0.25) is 5.88 Å². The normalized spacial score (nSPS) is 21.3. The number of benzene rings is 1. The average molecular weight is 457 g/mol. The molecular weight excluding hydrogens is 416 g/mol. The number of hydrogen-bond donors (Lipinski definition) is 2. The molecular formula is C27H40N2O4. The highest BCUT2D eigenvalue weighted by Crippen LogP contribution is 2.38. The van der Waals surface area contributed by atoms with E-state index in [1.165, 1.54) is 12.8 Å². The molecule has 0 aliphatic heterocycles. The lowest BCUT2D eigenvalue weighted by Crippen LogP contribution is -2.41. The maximum Gasteiger partial charge on any atom is 0.407 e. The number of rotatable bonds is 5. The van der Waals surface area contributed by atoms with Crippen LogP contribution in [0.4, 0.5) is 4.79 Å². The number of fused-ring (bicyclic) bond motifs is 1. The molecule has 6 nitrogen and oxygen atoms in total. The predicted molar refractivity (Wildman–Crippen MR) is 131 cm³/mol. The van der Waals surface area contributed by atoms with Crippen LogP contribution < -0.4 is 10.1 Å². The highest BCUT2D eigenvalue weighted by molar-refractivity contribution is 5.80. The van der Waals surface area contributed by atoms with E-state index in [0.29, 0.717) is 16.9 Å². The summed E-state index contributed by atoms with van der Waals surface area (Å²) in [6.07, 6.45) is 4.17. The van der Waals surface area contributed by atoms with Gasteiger partial charge in [0.15, 0.2) is 0 Å². The minimum Gasteiger partial charge on any atom is -0.474 e. The average Bonchev–Trinajstić information content (AvgIpc) is 2.70. The molecule has 182 valence electrons. The largest absolute Gasteiger partial charge is 0.474 e. The Bertz CT molecular complexity index is 964. The van der Waals surface area contributed by atoms with E-state index in [0.717, 1.165) is 29.7 Å². The van der Waals surface area contributed by atoms with Crippen LogP contribution in [0.15, 0.2) is 30.3 Å². The van der Waals surface area contributed by atoms with Gasteiger partial charge in [0.25, 0.3) is 0 Å². The first-order valence-corrected chi connectivity index (χ1v) is 12.0. The van der Waals surface area contributed by atoms with Crippen LogP contribution in [0.5, 0.6) is 5.88 Å². The number of carbonyl (C=O) groups is 1. The fourth-order valence-corrected chi connectivity index (χ4v) is 4.39. The van der Waals surface area contributed by atoms with E-state index < -0.39 is 17.3 Å². The molecule has 1 aliphatic rings. The molecule has 1 aromatic heterocycles. The lowest BCUT2D eigenvalue weighted by atomic mass is 9.72. The molecule has 0 radical (unpaired) electrons. The van der Waals surface area contributed by atoms with Crippen molar-refractivity contribution in [2.45, 2.75) is 91.5 Å². The highest BCUT2D eigenvalue weighted by atomic mass is 16.6. The van der Waals surface area contributed by atoms with Crippen molar-refractivity contribution in [3.05, 3.63) is 35.9 Å². The number of carbonyl (C=O) groups excluding carboxylic acids is 1. The number of amides is 1. The summed E-state index contributed by atoms with van der Waals surface area (Å²) in [5.74, 6) is 1.39. The Balaban J connectivity index is 1.63. The predicted octanol–water partition coefficient (Wildman–Crippen LogP) is 5.95. The Kier molecular flexibility index (Phi) is 7.27. The van der Waals surface area contributed by atoms with Gasteiger partial charge in [0, 0.05) is 11.5 Å². The van der Waals surface area contributed by atoms with Crippen molar-refractivity contribution in [2.24, 2.45) is 11.3 Å². The number of aromatic nitrogens is 1. The van der Waals surface area contributed by atoms with Crippen LogP contribution in [-0.2, 0) is 10.3 Å². The van der Waals surface area contributed by atoms with Gasteiger partial charge in [-0.1, -0.05) is 26.8 Å². The van der Waals surface area contributed by atoms with Gasteiger partial charge in [-0.15, -0.1) is 0 Å². The molecule has 0 bridgehead atoms. The van der Waals surface area contributed by atoms with Crippen molar-refractivity contribution in [3.63, 3.8) is 0 Å². The smallest absolute Gasteiger partial charge is 0.407 e. The second-order valence-electron chi connectivity index (χ2n) is 11.6. The van der Waals surface area contributed by atoms with E-state index in [9.17, 15) is 9.90 Å². The van der Waals surface area contributed by atoms with E-state index in [1.54, 1.807) is 27.7 Å². The van der Waals surface area contributed by atoms with Crippen molar-refractivity contribution in [1.82, 2.24) is 10.3 Å². The molecule has 6 heteroatoms. The summed E-state index contributed by atoms with van der Waals surface area (Å²) in [6.45, 7) is 14.1. The van der Waals surface area contributed by atoms with E-state index in [-0.39, 0.29) is 12.6 Å². The molecule has 2 N–H and O–H groups in total. The second-order valence-corrected chi connectivity index (χ2v) is 11.6. The molecule has 2 aromatic rings. The van der Waals surface area contributed by atoms with E-state index in [2.05, 4.69) is 31.1 Å². The zero-order valence-electron chi connectivity index (χ0n) is 21.2. The fourth-order valence-electron chi connectivity index (χ4n) is 4.39. The third-order valence-electron chi connectivity index (χ3n) is 6.45. The van der Waals surface area contributed by atoms with Crippen LogP contribution >= 0.6 is 0 Å². The Hall–Kier alpha value is -2.34. The minimum atomic E-state index is -1.24. The second kappa shape index (κ2) is 9.49. The first kappa shape index (κ1) is 25.3. The Morgan fingerprint density at radius 2 is 1.70 bits per heavy atom. The van der Waals surface area contributed by atoms with Crippen molar-refractivity contribution >= 4 is 17.0 Å². The van der Waals surface area contributed by atoms with Gasteiger partial charge >= 0.3 is 6.09 Å². The molecule has 1 aliphatic carbocycles. The first-order valence-electron chi connectivity index (χ1n) is 12.0. The number of nitrogens with one attached hydrogen (secondary N) is 1. The maximum atomic E-state index is 11.9. The molecule has 1 unspecified atom stereocenters. The minimum absolute atomic E-state index is 0.0410. The summed E-state index contributed by atoms with van der Waals surface area (Å²) in [5, 5.41) is 14.5. The first-order chi connectivity index (χ1) is 15.2. The summed E-state index contributed by atoms with van der Waals surface area (Å²) in [6, 6.07) is 9.49. The summed E-state index contributed by atoms with van der Waals surface area (Å²) >= 11 is 0. The molecule has 0 spiro atoms. The maximum absolute atomic E-state index is 11.9. The standard InChI is InChI=1S/C27H40N2O4/c1-25(2,3)19-9-12-21(13-10-19)32-23-15-8-18-16-20(11-14-22(18)29-23)27(7,31)17-28-24(30)33-26(4,5)6/h8,11,14-16,19,21,31H,9-10,12-13,17H2,1-7H3,(H,28,30). The molecule has 1 atom stereocenters. The van der Waals surface area contributed by atoms with Crippen LogP contribution in [0.25, 0.3) is 10.9 Å². The van der Waals surface area contributed by atoms with Crippen molar-refractivity contribution in [2.75, 3.05) is 6.54 Å². The summed E-state index contributed by atoms with van der Waals surface area (Å²) in [5.41, 5.74) is 0.0352. The molecule has 1 fully saturated rings. The van der Waals surface area contributed by atoms with Crippen LogP contribution in [0, 0.1) is 11.3 Å². The highest BCUT2D eigenvalue weighted by Gasteiger charge is 2.31. The van der Waals surface area contributed by atoms with Crippen LogP contribution in [0.3, 0.4) is 0 Å². The Morgan fingerprint density at radius 1 is 1.03 bits per heavy atom. The van der Waals surface area contributed by atoms with Crippen molar-refractivity contribution < 1.29 is 19.4 Å². The monoisotopic (exact) mass is 456 g/mol. The molecule has 3 rings (SSSR count). The van der Waals surface area contributed by atoms with Crippen molar-refractivity contribution in [1.29, 1.82) is 0 Å². The number of hydrogen-bond acceptors (Lipinski definition) is 5. The Labute approximate surface area is 198 Å². The van der Waals surface area contributed by atoms with Gasteiger partial charge in [-0.25, -0.2) is 9.78 Å². The summed E-state index contributed by atoms with van der Waals surface area (Å²) < 4.78 is 11.5. The van der Waals surface area contributed by atoms with Gasteiger partial charge in [0.05, 0.1) is 12.1 Å². The third kappa shape index (κ3) is 7.07. The quantitative estimate of drug-likeness (QED) is 0.581.